The second kappa shape index (κ2) is 5.48. The van der Waals surface area contributed by atoms with Crippen LogP contribution in [0.25, 0.3) is 17.0 Å². The van der Waals surface area contributed by atoms with E-state index in [4.69, 9.17) is 25.5 Å². The van der Waals surface area contributed by atoms with Crippen LogP contribution in [0.5, 0.6) is 11.5 Å². The predicted molar refractivity (Wildman–Crippen MR) is 87.2 cm³/mol. The lowest BCUT2D eigenvalue weighted by molar-refractivity contribution is 0.102. The smallest absolute Gasteiger partial charge is 0.231 e. The van der Waals surface area contributed by atoms with E-state index in [0.29, 0.717) is 22.1 Å². The van der Waals surface area contributed by atoms with Gasteiger partial charge in [0, 0.05) is 16.5 Å². The van der Waals surface area contributed by atoms with E-state index < -0.39 is 0 Å². The summed E-state index contributed by atoms with van der Waals surface area (Å²) in [5.74, 6) is 1.35. The molecule has 4 nitrogen and oxygen atoms in total. The number of carbonyl (C=O) groups excluding carboxylic acids is 1. The molecule has 0 aliphatic carbocycles. The SMILES string of the molecule is O=C(C=Cc1ccc(Cl)cc1)c1cc2cc3c(cc2o1)OCO3. The summed E-state index contributed by atoms with van der Waals surface area (Å²) >= 11 is 5.83. The lowest BCUT2D eigenvalue weighted by Gasteiger charge is -1.94. The van der Waals surface area contributed by atoms with Gasteiger partial charge in [-0.05, 0) is 35.9 Å². The number of hydrogen-bond donors (Lipinski definition) is 0. The number of furan rings is 1. The van der Waals surface area contributed by atoms with Crippen molar-refractivity contribution < 1.29 is 18.7 Å². The normalized spacial score (nSPS) is 13.1. The van der Waals surface area contributed by atoms with E-state index in [0.717, 1.165) is 10.9 Å². The molecule has 2 heterocycles. The summed E-state index contributed by atoms with van der Waals surface area (Å²) in [5.41, 5.74) is 1.48. The van der Waals surface area contributed by atoms with Crippen molar-refractivity contribution in [2.24, 2.45) is 0 Å². The van der Waals surface area contributed by atoms with E-state index >= 15 is 0 Å². The van der Waals surface area contributed by atoms with Crippen LogP contribution in [0, 0.1) is 0 Å². The van der Waals surface area contributed by atoms with Gasteiger partial charge in [0.25, 0.3) is 0 Å². The van der Waals surface area contributed by atoms with E-state index in [1.807, 2.05) is 12.1 Å². The van der Waals surface area contributed by atoms with Crippen LogP contribution >= 0.6 is 11.6 Å². The molecule has 1 aromatic heterocycles. The molecular formula is C18H11ClO4. The van der Waals surface area contributed by atoms with Crippen molar-refractivity contribution in [3.05, 3.63) is 64.9 Å². The van der Waals surface area contributed by atoms with Gasteiger partial charge >= 0.3 is 0 Å². The van der Waals surface area contributed by atoms with Crippen LogP contribution in [0.2, 0.25) is 5.02 Å². The van der Waals surface area contributed by atoms with Gasteiger partial charge in [0.2, 0.25) is 12.6 Å². The lowest BCUT2D eigenvalue weighted by atomic mass is 10.1. The van der Waals surface area contributed by atoms with Crippen molar-refractivity contribution in [3.8, 4) is 11.5 Å². The zero-order chi connectivity index (χ0) is 15.8. The first-order valence-corrected chi connectivity index (χ1v) is 7.38. The Hall–Kier alpha value is -2.72. The minimum absolute atomic E-state index is 0.206. The lowest BCUT2D eigenvalue weighted by Crippen LogP contribution is -1.93. The van der Waals surface area contributed by atoms with Crippen molar-refractivity contribution in [2.45, 2.75) is 0 Å². The molecule has 23 heavy (non-hydrogen) atoms. The Morgan fingerprint density at radius 1 is 1.04 bits per heavy atom. The first kappa shape index (κ1) is 13.9. The zero-order valence-corrected chi connectivity index (χ0v) is 12.7. The highest BCUT2D eigenvalue weighted by Crippen LogP contribution is 2.37. The highest BCUT2D eigenvalue weighted by Gasteiger charge is 2.17. The molecule has 0 N–H and O–H groups in total. The van der Waals surface area contributed by atoms with E-state index in [1.165, 1.54) is 6.08 Å². The molecule has 2 aromatic carbocycles. The minimum atomic E-state index is -0.210. The second-order valence-corrected chi connectivity index (χ2v) is 5.54. The molecule has 0 saturated heterocycles. The van der Waals surface area contributed by atoms with Crippen LogP contribution in [0.15, 0.2) is 53.0 Å². The number of halogens is 1. The van der Waals surface area contributed by atoms with Crippen LogP contribution in [0.4, 0.5) is 0 Å². The van der Waals surface area contributed by atoms with Gasteiger partial charge in [0.05, 0.1) is 0 Å². The van der Waals surface area contributed by atoms with Gasteiger partial charge in [0.15, 0.2) is 17.3 Å². The average molecular weight is 327 g/mol. The summed E-state index contributed by atoms with van der Waals surface area (Å²) < 4.78 is 16.2. The number of ketones is 1. The van der Waals surface area contributed by atoms with Crippen molar-refractivity contribution in [2.75, 3.05) is 6.79 Å². The van der Waals surface area contributed by atoms with Gasteiger partial charge in [-0.2, -0.15) is 0 Å². The molecule has 4 rings (SSSR count). The van der Waals surface area contributed by atoms with E-state index in [1.54, 1.807) is 36.4 Å². The number of carbonyl (C=O) groups is 1. The highest BCUT2D eigenvalue weighted by atomic mass is 35.5. The maximum atomic E-state index is 12.2. The molecule has 0 atom stereocenters. The summed E-state index contributed by atoms with van der Waals surface area (Å²) in [5, 5.41) is 1.46. The predicted octanol–water partition coefficient (Wildman–Crippen LogP) is 4.71. The third-order valence-corrected chi connectivity index (χ3v) is 3.80. The summed E-state index contributed by atoms with van der Waals surface area (Å²) in [4.78, 5) is 12.2. The Balaban J connectivity index is 1.61. The largest absolute Gasteiger partial charge is 0.454 e. The Labute approximate surface area is 136 Å². The van der Waals surface area contributed by atoms with Crippen LogP contribution in [0.1, 0.15) is 16.1 Å². The molecule has 0 amide bonds. The van der Waals surface area contributed by atoms with Gasteiger partial charge < -0.3 is 13.9 Å². The maximum Gasteiger partial charge on any atom is 0.231 e. The Bertz CT molecular complexity index is 881. The minimum Gasteiger partial charge on any atom is -0.454 e. The summed E-state index contributed by atoms with van der Waals surface area (Å²) in [6.07, 6.45) is 3.19. The fourth-order valence-corrected chi connectivity index (χ4v) is 2.50. The maximum absolute atomic E-state index is 12.2. The summed E-state index contributed by atoms with van der Waals surface area (Å²) in [6.45, 7) is 0.206. The molecule has 0 bridgehead atoms. The molecule has 0 saturated carbocycles. The Morgan fingerprint density at radius 2 is 1.78 bits per heavy atom. The van der Waals surface area contributed by atoms with Crippen molar-refractivity contribution in [1.82, 2.24) is 0 Å². The van der Waals surface area contributed by atoms with E-state index in [-0.39, 0.29) is 18.3 Å². The number of allylic oxidation sites excluding steroid dienone is 1. The van der Waals surface area contributed by atoms with Crippen LogP contribution in [0.3, 0.4) is 0 Å². The molecule has 0 spiro atoms. The van der Waals surface area contributed by atoms with Crippen molar-refractivity contribution >= 4 is 34.4 Å². The third kappa shape index (κ3) is 2.69. The van der Waals surface area contributed by atoms with Gasteiger partial charge in [-0.25, -0.2) is 0 Å². The van der Waals surface area contributed by atoms with Gasteiger partial charge in [-0.3, -0.25) is 4.79 Å². The fraction of sp³-hybridized carbons (Fsp3) is 0.0556. The highest BCUT2D eigenvalue weighted by molar-refractivity contribution is 6.30. The standard InChI is InChI=1S/C18H11ClO4/c19-13-4-1-11(2-5-13)3-6-14(20)16-7-12-8-17-18(22-10-21-17)9-15(12)23-16/h1-9H,10H2. The van der Waals surface area contributed by atoms with Gasteiger partial charge in [-0.15, -0.1) is 0 Å². The molecular weight excluding hydrogens is 316 g/mol. The second-order valence-electron chi connectivity index (χ2n) is 5.10. The van der Waals surface area contributed by atoms with Crippen LogP contribution < -0.4 is 9.47 Å². The molecule has 5 heteroatoms. The molecule has 1 aliphatic rings. The number of hydrogen-bond acceptors (Lipinski definition) is 4. The number of rotatable bonds is 3. The Kier molecular flexibility index (Phi) is 3.32. The quantitative estimate of drug-likeness (QED) is 0.516. The molecule has 1 aliphatic heterocycles. The first-order valence-electron chi connectivity index (χ1n) is 7.00. The van der Waals surface area contributed by atoms with E-state index in [9.17, 15) is 4.79 Å². The molecule has 0 radical (unpaired) electrons. The molecule has 3 aromatic rings. The van der Waals surface area contributed by atoms with Crippen LogP contribution in [-0.4, -0.2) is 12.6 Å². The summed E-state index contributed by atoms with van der Waals surface area (Å²) in [7, 11) is 0. The molecule has 0 fully saturated rings. The summed E-state index contributed by atoms with van der Waals surface area (Å²) in [6, 6.07) is 12.5. The Morgan fingerprint density at radius 3 is 2.57 bits per heavy atom. The van der Waals surface area contributed by atoms with E-state index in [2.05, 4.69) is 0 Å². The fourth-order valence-electron chi connectivity index (χ4n) is 2.38. The topological polar surface area (TPSA) is 48.7 Å². The van der Waals surface area contributed by atoms with Crippen LogP contribution in [-0.2, 0) is 0 Å². The average Bonchev–Trinajstić information content (AvgIpc) is 3.17. The number of ether oxygens (including phenoxy) is 2. The zero-order valence-electron chi connectivity index (χ0n) is 11.9. The van der Waals surface area contributed by atoms with Gasteiger partial charge in [-0.1, -0.05) is 29.8 Å². The monoisotopic (exact) mass is 326 g/mol. The molecule has 0 unspecified atom stereocenters. The molecule has 114 valence electrons. The van der Waals surface area contributed by atoms with Crippen molar-refractivity contribution in [1.29, 1.82) is 0 Å². The number of fused-ring (bicyclic) bond motifs is 2. The first-order chi connectivity index (χ1) is 11.2. The van der Waals surface area contributed by atoms with Gasteiger partial charge in [0.1, 0.15) is 5.58 Å². The van der Waals surface area contributed by atoms with Crippen molar-refractivity contribution in [3.63, 3.8) is 0 Å². The third-order valence-electron chi connectivity index (χ3n) is 3.55. The number of benzene rings is 2.